The number of anilines is 1. The Hall–Kier alpha value is -2.53. The van der Waals surface area contributed by atoms with Crippen molar-refractivity contribution in [2.24, 2.45) is 0 Å². The molecular weight excluding hydrogens is 318 g/mol. The highest BCUT2D eigenvalue weighted by molar-refractivity contribution is 6.30. The molecule has 0 aromatic heterocycles. The average Bonchev–Trinajstić information content (AvgIpc) is 2.53. The number of rotatable bonds is 3. The number of amides is 1. The lowest BCUT2D eigenvalue weighted by Gasteiger charge is -2.28. The Morgan fingerprint density at radius 3 is 2.87 bits per heavy atom. The van der Waals surface area contributed by atoms with E-state index in [1.807, 2.05) is 6.07 Å². The first-order valence-corrected chi connectivity index (χ1v) is 7.41. The molecule has 2 aromatic rings. The van der Waals surface area contributed by atoms with E-state index in [0.717, 1.165) is 5.56 Å². The molecule has 1 aliphatic heterocycles. The lowest BCUT2D eigenvalue weighted by Crippen LogP contribution is -2.43. The molecule has 0 fully saturated rings. The van der Waals surface area contributed by atoms with Crippen molar-refractivity contribution < 1.29 is 19.1 Å². The van der Waals surface area contributed by atoms with Gasteiger partial charge in [-0.05, 0) is 42.8 Å². The van der Waals surface area contributed by atoms with Crippen LogP contribution in [0.5, 0.6) is 11.5 Å². The molecule has 3 rings (SSSR count). The number of fused-ring (bicyclic) bond motifs is 1. The van der Waals surface area contributed by atoms with Gasteiger partial charge in [0, 0.05) is 5.02 Å². The molecule has 6 heteroatoms. The number of aryl methyl sites for hydroxylation is 1. The number of carbonyl (C=O) groups excluding carboxylic acids is 2. The van der Waals surface area contributed by atoms with Crippen LogP contribution in [0.1, 0.15) is 5.56 Å². The van der Waals surface area contributed by atoms with Gasteiger partial charge >= 0.3 is 5.97 Å². The van der Waals surface area contributed by atoms with Crippen molar-refractivity contribution in [3.63, 3.8) is 0 Å². The third-order valence-electron chi connectivity index (χ3n) is 3.46. The molecule has 1 heterocycles. The van der Waals surface area contributed by atoms with E-state index in [2.05, 4.69) is 0 Å². The van der Waals surface area contributed by atoms with Crippen LogP contribution in [0.25, 0.3) is 0 Å². The van der Waals surface area contributed by atoms with Crippen LogP contribution in [0, 0.1) is 6.92 Å². The summed E-state index contributed by atoms with van der Waals surface area (Å²) in [5, 5.41) is 0.569. The van der Waals surface area contributed by atoms with Crippen LogP contribution in [-0.4, -0.2) is 25.0 Å². The van der Waals surface area contributed by atoms with E-state index in [9.17, 15) is 9.59 Å². The highest BCUT2D eigenvalue weighted by Gasteiger charge is 2.27. The van der Waals surface area contributed by atoms with Crippen molar-refractivity contribution in [2.45, 2.75) is 6.92 Å². The molecule has 0 unspecified atom stereocenters. The lowest BCUT2D eigenvalue weighted by atomic mass is 10.2. The second-order valence-electron chi connectivity index (χ2n) is 5.12. The van der Waals surface area contributed by atoms with Crippen molar-refractivity contribution in [1.29, 1.82) is 0 Å². The topological polar surface area (TPSA) is 55.8 Å². The predicted molar refractivity (Wildman–Crippen MR) is 86.1 cm³/mol. The Kier molecular flexibility index (Phi) is 4.21. The monoisotopic (exact) mass is 331 g/mol. The van der Waals surface area contributed by atoms with Gasteiger partial charge in [-0.1, -0.05) is 23.7 Å². The Morgan fingerprint density at radius 1 is 1.30 bits per heavy atom. The van der Waals surface area contributed by atoms with Gasteiger partial charge < -0.3 is 9.47 Å². The van der Waals surface area contributed by atoms with Crippen molar-refractivity contribution in [3.8, 4) is 11.5 Å². The van der Waals surface area contributed by atoms with Gasteiger partial charge in [0.2, 0.25) is 0 Å². The summed E-state index contributed by atoms with van der Waals surface area (Å²) in [4.78, 5) is 25.6. The van der Waals surface area contributed by atoms with E-state index in [-0.39, 0.29) is 19.1 Å². The highest BCUT2D eigenvalue weighted by Crippen LogP contribution is 2.31. The molecule has 0 saturated heterocycles. The highest BCUT2D eigenvalue weighted by atomic mass is 35.5. The summed E-state index contributed by atoms with van der Waals surface area (Å²) in [6.07, 6.45) is 0. The maximum absolute atomic E-state index is 12.2. The lowest BCUT2D eigenvalue weighted by molar-refractivity contribution is -0.134. The molecule has 0 spiro atoms. The van der Waals surface area contributed by atoms with Crippen LogP contribution >= 0.6 is 11.6 Å². The number of nitrogens with zero attached hydrogens (tertiary/aromatic N) is 1. The number of carbonyl (C=O) groups is 2. The van der Waals surface area contributed by atoms with Crippen molar-refractivity contribution >= 4 is 29.2 Å². The third-order valence-corrected chi connectivity index (χ3v) is 3.69. The molecule has 23 heavy (non-hydrogen) atoms. The van der Waals surface area contributed by atoms with Crippen LogP contribution in [0.3, 0.4) is 0 Å². The van der Waals surface area contributed by atoms with Gasteiger partial charge in [-0.3, -0.25) is 9.69 Å². The number of hydrogen-bond acceptors (Lipinski definition) is 4. The van der Waals surface area contributed by atoms with Gasteiger partial charge in [-0.25, -0.2) is 4.79 Å². The molecule has 0 bridgehead atoms. The maximum atomic E-state index is 12.2. The number of esters is 1. The molecule has 1 amide bonds. The standard InChI is InChI=1S/C17H14ClNO4/c1-11-8-12(18)6-7-14(11)23-17(21)9-19-13-4-2-3-5-15(13)22-10-16(19)20/h2-8H,9-10H2,1H3. The quantitative estimate of drug-likeness (QED) is 0.641. The zero-order chi connectivity index (χ0) is 16.4. The largest absolute Gasteiger partial charge is 0.482 e. The van der Waals surface area contributed by atoms with Crippen LogP contribution in [0.4, 0.5) is 5.69 Å². The minimum absolute atomic E-state index is 0.0930. The molecule has 118 valence electrons. The van der Waals surface area contributed by atoms with Crippen LogP contribution in [-0.2, 0) is 9.59 Å². The van der Waals surface area contributed by atoms with E-state index in [0.29, 0.717) is 22.2 Å². The minimum Gasteiger partial charge on any atom is -0.482 e. The molecule has 0 aliphatic carbocycles. The van der Waals surface area contributed by atoms with Crippen molar-refractivity contribution in [1.82, 2.24) is 0 Å². The molecular formula is C17H14ClNO4. The van der Waals surface area contributed by atoms with Gasteiger partial charge in [0.05, 0.1) is 5.69 Å². The number of ether oxygens (including phenoxy) is 2. The van der Waals surface area contributed by atoms with Gasteiger partial charge in [0.1, 0.15) is 18.0 Å². The summed E-state index contributed by atoms with van der Waals surface area (Å²) in [6, 6.07) is 12.1. The summed E-state index contributed by atoms with van der Waals surface area (Å²) >= 11 is 5.88. The van der Waals surface area contributed by atoms with E-state index in [1.165, 1.54) is 4.90 Å². The third kappa shape index (κ3) is 3.29. The molecule has 0 atom stereocenters. The van der Waals surface area contributed by atoms with E-state index in [4.69, 9.17) is 21.1 Å². The van der Waals surface area contributed by atoms with Gasteiger partial charge in [-0.15, -0.1) is 0 Å². The first kappa shape index (κ1) is 15.4. The molecule has 2 aromatic carbocycles. The Morgan fingerprint density at radius 2 is 2.09 bits per heavy atom. The smallest absolute Gasteiger partial charge is 0.331 e. The van der Waals surface area contributed by atoms with E-state index in [1.54, 1.807) is 43.3 Å². The first-order chi connectivity index (χ1) is 11.0. The second kappa shape index (κ2) is 6.30. The second-order valence-corrected chi connectivity index (χ2v) is 5.56. The Balaban J connectivity index is 1.76. The van der Waals surface area contributed by atoms with Crippen molar-refractivity contribution in [3.05, 3.63) is 53.1 Å². The number of hydrogen-bond donors (Lipinski definition) is 0. The SMILES string of the molecule is Cc1cc(Cl)ccc1OC(=O)CN1C(=O)COc2ccccc21. The van der Waals surface area contributed by atoms with Gasteiger partial charge in [0.15, 0.2) is 6.61 Å². The van der Waals surface area contributed by atoms with Gasteiger partial charge in [0.25, 0.3) is 5.91 Å². The summed E-state index contributed by atoms with van der Waals surface area (Å²) < 4.78 is 10.7. The minimum atomic E-state index is -0.527. The van der Waals surface area contributed by atoms with E-state index < -0.39 is 5.97 Å². The van der Waals surface area contributed by atoms with Gasteiger partial charge in [-0.2, -0.15) is 0 Å². The summed E-state index contributed by atoms with van der Waals surface area (Å²) in [7, 11) is 0. The molecule has 5 nitrogen and oxygen atoms in total. The zero-order valence-corrected chi connectivity index (χ0v) is 13.2. The predicted octanol–water partition coefficient (Wildman–Crippen LogP) is 2.98. The number of para-hydroxylation sites is 2. The summed E-state index contributed by atoms with van der Waals surface area (Å²) in [6.45, 7) is 1.52. The fourth-order valence-corrected chi connectivity index (χ4v) is 2.57. The fraction of sp³-hybridized carbons (Fsp3) is 0.176. The number of halogens is 1. The van der Waals surface area contributed by atoms with Crippen LogP contribution in [0.15, 0.2) is 42.5 Å². The fourth-order valence-electron chi connectivity index (χ4n) is 2.34. The Bertz CT molecular complexity index is 775. The van der Waals surface area contributed by atoms with E-state index >= 15 is 0 Å². The molecule has 0 N–H and O–H groups in total. The van der Waals surface area contributed by atoms with Crippen molar-refractivity contribution in [2.75, 3.05) is 18.1 Å². The Labute approximate surface area is 138 Å². The average molecular weight is 332 g/mol. The first-order valence-electron chi connectivity index (χ1n) is 7.03. The normalized spacial score (nSPS) is 13.3. The number of benzene rings is 2. The zero-order valence-electron chi connectivity index (χ0n) is 12.4. The molecule has 0 saturated carbocycles. The maximum Gasteiger partial charge on any atom is 0.331 e. The summed E-state index contributed by atoms with van der Waals surface area (Å²) in [5.74, 6) is 0.185. The van der Waals surface area contributed by atoms with Crippen LogP contribution in [0.2, 0.25) is 5.02 Å². The molecule has 1 aliphatic rings. The summed E-state index contributed by atoms with van der Waals surface area (Å²) in [5.41, 5.74) is 1.31. The van der Waals surface area contributed by atoms with Crippen LogP contribution < -0.4 is 14.4 Å². The molecule has 0 radical (unpaired) electrons.